The Bertz CT molecular complexity index is 2560. The van der Waals surface area contributed by atoms with Crippen molar-refractivity contribution in [1.29, 1.82) is 0 Å². The molecule has 0 fully saturated rings. The largest absolute Gasteiger partial charge is 0.484 e. The third-order valence-electron chi connectivity index (χ3n) is 10.6. The first kappa shape index (κ1) is 45.3. The molecule has 5 aromatic carbocycles. The van der Waals surface area contributed by atoms with Crippen molar-refractivity contribution in [3.8, 4) is 16.9 Å². The van der Waals surface area contributed by atoms with Crippen molar-refractivity contribution in [3.05, 3.63) is 178 Å². The highest BCUT2D eigenvalue weighted by molar-refractivity contribution is 7.09. The highest BCUT2D eigenvalue weighted by Crippen LogP contribution is 2.23. The molecule has 0 saturated heterocycles. The molecule has 15 heteroatoms. The highest BCUT2D eigenvalue weighted by atomic mass is 32.1. The zero-order valence-corrected chi connectivity index (χ0v) is 35.9. The summed E-state index contributed by atoms with van der Waals surface area (Å²) in [6, 6.07) is 38.1. The summed E-state index contributed by atoms with van der Waals surface area (Å²) in [5.74, 6) is -3.58. The summed E-state index contributed by atoms with van der Waals surface area (Å²) >= 11 is 1.41. The van der Waals surface area contributed by atoms with E-state index in [9.17, 15) is 33.9 Å². The number of hydrogen-bond acceptors (Lipinski definition) is 9. The van der Waals surface area contributed by atoms with E-state index in [1.807, 2.05) is 90.3 Å². The smallest absolute Gasteiger partial charge is 0.411 e. The first-order chi connectivity index (χ1) is 31.5. The number of carbonyl (C=O) groups is 6. The van der Waals surface area contributed by atoms with Gasteiger partial charge in [0.05, 0.1) is 0 Å². The van der Waals surface area contributed by atoms with E-state index in [2.05, 4.69) is 26.6 Å². The molecular formula is C50H47N5O9S. The van der Waals surface area contributed by atoms with E-state index in [1.54, 1.807) is 60.7 Å². The molecule has 65 heavy (non-hydrogen) atoms. The highest BCUT2D eigenvalue weighted by Gasteiger charge is 2.32. The quantitative estimate of drug-likeness (QED) is 0.0864. The monoisotopic (exact) mass is 893 g/mol. The van der Waals surface area contributed by atoms with Crippen molar-refractivity contribution in [3.63, 3.8) is 0 Å². The van der Waals surface area contributed by atoms with Crippen molar-refractivity contribution in [1.82, 2.24) is 21.3 Å². The van der Waals surface area contributed by atoms with Crippen molar-refractivity contribution < 1.29 is 43.3 Å². The summed E-state index contributed by atoms with van der Waals surface area (Å²) in [4.78, 5) is 81.7. The Morgan fingerprint density at radius 1 is 0.615 bits per heavy atom. The number of carboxylic acids is 1. The molecule has 8 rings (SSSR count). The Hall–Kier alpha value is -7.78. The van der Waals surface area contributed by atoms with E-state index in [0.29, 0.717) is 28.1 Å². The number of hydrogen-bond donors (Lipinski definition) is 6. The maximum atomic E-state index is 14.5. The lowest BCUT2D eigenvalue weighted by atomic mass is 9.99. The van der Waals surface area contributed by atoms with Gasteiger partial charge in [0.15, 0.2) is 6.61 Å². The number of thiophene rings is 1. The molecule has 4 atom stereocenters. The molecule has 1 unspecified atom stereocenters. The molecule has 6 N–H and O–H groups in total. The average Bonchev–Trinajstić information content (AvgIpc) is 3.84. The van der Waals surface area contributed by atoms with Gasteiger partial charge < -0.3 is 35.8 Å². The molecule has 0 aliphatic carbocycles. The summed E-state index contributed by atoms with van der Waals surface area (Å²) < 4.78 is 11.0. The third-order valence-corrected chi connectivity index (χ3v) is 11.5. The van der Waals surface area contributed by atoms with Gasteiger partial charge in [-0.2, -0.15) is 0 Å². The predicted octanol–water partition coefficient (Wildman–Crippen LogP) is 5.85. The Kier molecular flexibility index (Phi) is 15.3. The molecule has 0 radical (unpaired) electrons. The number of ether oxygens (including phenoxy) is 2. The lowest BCUT2D eigenvalue weighted by Gasteiger charge is -2.26. The molecule has 5 amide bonds. The SMILES string of the molecule is O=C1COc2ccc(cc2)C[C@@H](C(=O)O)NC(=O)C(Cc2ccccc2)NC(=O)[C@H](Cc2ccc(-c3ccc(NC(=O)OCc4ccccc4)cc3)cc2)NC(=O)[C@H](Cc2cccs2)N1. The zero-order valence-electron chi connectivity index (χ0n) is 35.1. The number of carbonyl (C=O) groups excluding carboxylic acids is 5. The molecule has 14 nitrogen and oxygen atoms in total. The van der Waals surface area contributed by atoms with Crippen molar-refractivity contribution in [2.45, 2.75) is 56.5 Å². The van der Waals surface area contributed by atoms with Gasteiger partial charge in [-0.25, -0.2) is 9.59 Å². The number of anilines is 1. The van der Waals surface area contributed by atoms with E-state index >= 15 is 0 Å². The van der Waals surface area contributed by atoms with Crippen LogP contribution in [0.15, 0.2) is 151 Å². The maximum Gasteiger partial charge on any atom is 0.411 e. The Morgan fingerprint density at radius 3 is 1.75 bits per heavy atom. The summed E-state index contributed by atoms with van der Waals surface area (Å²) in [5, 5.41) is 25.8. The zero-order chi connectivity index (χ0) is 45.5. The van der Waals surface area contributed by atoms with Gasteiger partial charge in [0.25, 0.3) is 5.91 Å². The van der Waals surface area contributed by atoms with Crippen molar-refractivity contribution >= 4 is 52.7 Å². The number of nitrogens with one attached hydrogen (secondary N) is 5. The van der Waals surface area contributed by atoms with Crippen LogP contribution in [0.1, 0.15) is 27.1 Å². The first-order valence-electron chi connectivity index (χ1n) is 20.9. The second-order valence-electron chi connectivity index (χ2n) is 15.4. The van der Waals surface area contributed by atoms with Crippen LogP contribution in [0.4, 0.5) is 10.5 Å². The molecule has 6 aromatic rings. The Labute approximate surface area is 379 Å². The topological polar surface area (TPSA) is 201 Å². The Morgan fingerprint density at radius 2 is 1.17 bits per heavy atom. The van der Waals surface area contributed by atoms with Crippen LogP contribution in [0, 0.1) is 0 Å². The van der Waals surface area contributed by atoms with Gasteiger partial charge in [-0.15, -0.1) is 11.3 Å². The normalized spacial score (nSPS) is 18.3. The third kappa shape index (κ3) is 13.4. The maximum absolute atomic E-state index is 14.5. The van der Waals surface area contributed by atoms with Gasteiger partial charge in [0.1, 0.15) is 36.5 Å². The standard InChI is InChI=1S/C50H47N5O9S/c56-45-31-63-39-23-15-34(16-24-39)28-44(49(60)61)55-47(58)41(26-32-8-3-1-4-9-32)53-46(57)42(54-48(59)43(52-45)29-40-12-7-25-65-40)27-33-13-17-36(18-14-33)37-19-21-38(22-20-37)51-50(62)64-30-35-10-5-2-6-11-35/h1-25,41-44H,26-31H2,(H,51,62)(H,52,56)(H,53,57)(H,54,59)(H,55,58)(H,60,61)/t41?,42-,43-,44-/m0/s1. The summed E-state index contributed by atoms with van der Waals surface area (Å²) in [6.07, 6.45) is -0.520. The number of benzene rings is 5. The van der Waals surface area contributed by atoms with Crippen LogP contribution in [-0.2, 0) is 61.0 Å². The molecule has 332 valence electrons. The molecule has 2 bridgehead atoms. The summed E-state index contributed by atoms with van der Waals surface area (Å²) in [6.45, 7) is -0.281. The number of carboxylic acid groups (broad SMARTS) is 1. The van der Waals surface area contributed by atoms with Crippen molar-refractivity contribution in [2.75, 3.05) is 11.9 Å². The molecule has 3 heterocycles. The van der Waals surface area contributed by atoms with Crippen LogP contribution in [-0.4, -0.2) is 71.6 Å². The molecule has 2 aliphatic rings. The van der Waals surface area contributed by atoms with E-state index in [-0.39, 0.29) is 32.3 Å². The fraction of sp³-hybridized carbons (Fsp3) is 0.200. The first-order valence-corrected chi connectivity index (χ1v) is 21.8. The Balaban J connectivity index is 1.13. The van der Waals surface area contributed by atoms with Gasteiger partial charge in [-0.1, -0.05) is 115 Å². The van der Waals surface area contributed by atoms with Crippen LogP contribution in [0.25, 0.3) is 11.1 Å². The fourth-order valence-corrected chi connectivity index (χ4v) is 7.91. The number of amides is 5. The molecule has 0 spiro atoms. The number of rotatable bonds is 11. The van der Waals surface area contributed by atoms with Gasteiger partial charge in [-0.3, -0.25) is 24.5 Å². The van der Waals surface area contributed by atoms with E-state index < -0.39 is 66.5 Å². The lowest BCUT2D eigenvalue weighted by molar-refractivity contribution is -0.142. The lowest BCUT2D eigenvalue weighted by Crippen LogP contribution is -2.59. The summed E-state index contributed by atoms with van der Waals surface area (Å²) in [7, 11) is 0. The minimum Gasteiger partial charge on any atom is -0.484 e. The van der Waals surface area contributed by atoms with Crippen LogP contribution >= 0.6 is 11.3 Å². The minimum absolute atomic E-state index is 0.0139. The molecule has 1 aromatic heterocycles. The number of aliphatic carboxylic acids is 1. The number of fused-ring (bicyclic) bond motifs is 16. The fourth-order valence-electron chi connectivity index (χ4n) is 7.16. The van der Waals surface area contributed by atoms with Crippen molar-refractivity contribution in [2.24, 2.45) is 0 Å². The van der Waals surface area contributed by atoms with Gasteiger partial charge >= 0.3 is 12.1 Å². The second kappa shape index (κ2) is 22.0. The summed E-state index contributed by atoms with van der Waals surface area (Å²) in [5.41, 5.74) is 5.05. The molecular weight excluding hydrogens is 847 g/mol. The van der Waals surface area contributed by atoms with E-state index in [1.165, 1.54) is 11.3 Å². The second-order valence-corrected chi connectivity index (χ2v) is 16.4. The van der Waals surface area contributed by atoms with Crippen LogP contribution in [0.3, 0.4) is 0 Å². The van der Waals surface area contributed by atoms with Gasteiger partial charge in [0, 0.05) is 36.2 Å². The minimum atomic E-state index is -1.35. The van der Waals surface area contributed by atoms with E-state index in [4.69, 9.17) is 9.47 Å². The predicted molar refractivity (Wildman–Crippen MR) is 245 cm³/mol. The van der Waals surface area contributed by atoms with Crippen LogP contribution in [0.2, 0.25) is 0 Å². The van der Waals surface area contributed by atoms with Crippen LogP contribution < -0.4 is 31.3 Å². The van der Waals surface area contributed by atoms with Gasteiger partial charge in [0.2, 0.25) is 17.7 Å². The van der Waals surface area contributed by atoms with Gasteiger partial charge in [-0.05, 0) is 69.1 Å². The average molecular weight is 894 g/mol. The molecule has 2 aliphatic heterocycles. The van der Waals surface area contributed by atoms with Crippen LogP contribution in [0.5, 0.6) is 5.75 Å². The van der Waals surface area contributed by atoms with E-state index in [0.717, 1.165) is 21.6 Å². The molecule has 0 saturated carbocycles.